The number of anilines is 2. The quantitative estimate of drug-likeness (QED) is 0.163. The summed E-state index contributed by atoms with van der Waals surface area (Å²) in [6.07, 6.45) is 5.24. The maximum atomic E-state index is 13.3. The van der Waals surface area contributed by atoms with Gasteiger partial charge in [-0.3, -0.25) is 4.90 Å². The Balaban J connectivity index is 1.08. The van der Waals surface area contributed by atoms with Gasteiger partial charge in [0.25, 0.3) is 0 Å². The molecule has 0 bridgehead atoms. The minimum Gasteiger partial charge on any atom is -0.467 e. The van der Waals surface area contributed by atoms with Gasteiger partial charge < -0.3 is 33.6 Å². The second-order valence-corrected chi connectivity index (χ2v) is 14.5. The molecule has 1 aliphatic carbocycles. The summed E-state index contributed by atoms with van der Waals surface area (Å²) in [7, 11) is 1.62. The molecule has 0 spiro atoms. The number of hydrogen-bond donors (Lipinski definition) is 0. The van der Waals surface area contributed by atoms with Crippen LogP contribution in [0.5, 0.6) is 11.8 Å². The van der Waals surface area contributed by atoms with Crippen molar-refractivity contribution in [2.24, 2.45) is 0 Å². The van der Waals surface area contributed by atoms with Crippen LogP contribution in [0.2, 0.25) is 0 Å². The standard InChI is InChI=1S/C41H47N7O5/c1-50-29-53-33-23-31-11-5-6-12-34(31)37(24-33)45-20-14-35-36(26-45)43-39(52-28-41(15-16-41)47-18-7-8-19-47)44-38(35)46-21-22-48(32(25-46)13-17-42)40(49)51-27-30-9-3-2-4-10-30/h2-6,9-12,23-24,32H,7-8,13-16,18-22,25-29H2,1H3/t32-/m0/s1. The Morgan fingerprint density at radius 3 is 2.55 bits per heavy atom. The van der Waals surface area contributed by atoms with Crippen molar-refractivity contribution in [2.75, 3.05) is 69.6 Å². The third-order valence-corrected chi connectivity index (χ3v) is 11.1. The largest absolute Gasteiger partial charge is 0.467 e. The summed E-state index contributed by atoms with van der Waals surface area (Å²) in [5, 5.41) is 12.1. The van der Waals surface area contributed by atoms with E-state index in [0.717, 1.165) is 83.7 Å². The molecule has 3 aliphatic heterocycles. The fourth-order valence-electron chi connectivity index (χ4n) is 8.11. The monoisotopic (exact) mass is 717 g/mol. The number of nitriles is 1. The molecule has 1 atom stereocenters. The Kier molecular flexibility index (Phi) is 10.2. The highest BCUT2D eigenvalue weighted by Gasteiger charge is 2.49. The highest BCUT2D eigenvalue weighted by atomic mass is 16.7. The number of carbonyl (C=O) groups is 1. The van der Waals surface area contributed by atoms with Gasteiger partial charge in [0.1, 0.15) is 24.8 Å². The number of nitrogens with zero attached hydrogens (tertiary/aromatic N) is 7. The molecule has 53 heavy (non-hydrogen) atoms. The van der Waals surface area contributed by atoms with E-state index < -0.39 is 6.09 Å². The first kappa shape index (κ1) is 34.9. The molecule has 12 heteroatoms. The summed E-state index contributed by atoms with van der Waals surface area (Å²) < 4.78 is 23.4. The summed E-state index contributed by atoms with van der Waals surface area (Å²) in [4.78, 5) is 32.4. The number of carbonyl (C=O) groups excluding carboxylic acids is 1. The second kappa shape index (κ2) is 15.5. The highest BCUT2D eigenvalue weighted by molar-refractivity contribution is 5.95. The van der Waals surface area contributed by atoms with Gasteiger partial charge in [0.15, 0.2) is 6.79 Å². The Morgan fingerprint density at radius 1 is 0.943 bits per heavy atom. The molecule has 0 radical (unpaired) electrons. The number of benzene rings is 3. The Hall–Kier alpha value is -5.12. The van der Waals surface area contributed by atoms with E-state index in [1.165, 1.54) is 12.8 Å². The molecule has 2 saturated heterocycles. The summed E-state index contributed by atoms with van der Waals surface area (Å²) >= 11 is 0. The molecule has 276 valence electrons. The van der Waals surface area contributed by atoms with Crippen LogP contribution in [0.1, 0.15) is 48.9 Å². The van der Waals surface area contributed by atoms with Gasteiger partial charge in [-0.15, -0.1) is 0 Å². The first-order valence-electron chi connectivity index (χ1n) is 18.8. The van der Waals surface area contributed by atoms with Crippen LogP contribution < -0.4 is 19.3 Å². The normalized spacial score (nSPS) is 19.5. The van der Waals surface area contributed by atoms with Gasteiger partial charge in [0.2, 0.25) is 0 Å². The Morgan fingerprint density at radius 2 is 1.75 bits per heavy atom. The van der Waals surface area contributed by atoms with Gasteiger partial charge in [-0.2, -0.15) is 15.2 Å². The molecular formula is C41H47N7O5. The molecule has 4 aliphatic rings. The maximum absolute atomic E-state index is 13.3. The van der Waals surface area contributed by atoms with E-state index in [1.807, 2.05) is 42.5 Å². The molecule has 1 aromatic heterocycles. The highest BCUT2D eigenvalue weighted by Crippen LogP contribution is 2.44. The molecule has 0 N–H and O–H groups in total. The SMILES string of the molecule is COCOc1cc(N2CCc3c(nc(OCC4(N5CCCC5)CC4)nc3N3CCN(C(=O)OCc4ccccc4)[C@@H](CC#N)C3)C2)c2ccccc2c1. The summed E-state index contributed by atoms with van der Waals surface area (Å²) in [6, 6.07) is 24.5. The molecule has 12 nitrogen and oxygen atoms in total. The van der Waals surface area contributed by atoms with E-state index in [1.54, 1.807) is 12.0 Å². The van der Waals surface area contributed by atoms with Crippen LogP contribution in [-0.2, 0) is 29.0 Å². The average molecular weight is 718 g/mol. The molecule has 4 aromatic rings. The van der Waals surface area contributed by atoms with Crippen molar-refractivity contribution in [3.05, 3.63) is 83.6 Å². The number of likely N-dealkylation sites (tertiary alicyclic amines) is 1. The van der Waals surface area contributed by atoms with Gasteiger partial charge in [-0.1, -0.05) is 54.6 Å². The predicted molar refractivity (Wildman–Crippen MR) is 201 cm³/mol. The number of fused-ring (bicyclic) bond motifs is 2. The number of methoxy groups -OCH3 is 1. The van der Waals surface area contributed by atoms with Crippen molar-refractivity contribution >= 4 is 28.4 Å². The summed E-state index contributed by atoms with van der Waals surface area (Å²) in [5.41, 5.74) is 4.08. The topological polar surface area (TPSA) is 117 Å². The molecule has 1 amide bonds. The van der Waals surface area contributed by atoms with E-state index in [-0.39, 0.29) is 31.4 Å². The van der Waals surface area contributed by atoms with E-state index >= 15 is 0 Å². The lowest BCUT2D eigenvalue weighted by molar-refractivity contribution is 0.0512. The van der Waals surface area contributed by atoms with Crippen LogP contribution >= 0.6 is 0 Å². The number of ether oxygens (including phenoxy) is 4. The molecule has 3 aromatic carbocycles. The van der Waals surface area contributed by atoms with Crippen LogP contribution in [0.25, 0.3) is 10.8 Å². The fraction of sp³-hybridized carbons (Fsp3) is 0.463. The molecule has 4 heterocycles. The lowest BCUT2D eigenvalue weighted by Crippen LogP contribution is -2.55. The van der Waals surface area contributed by atoms with Crippen LogP contribution in [0, 0.1) is 11.3 Å². The summed E-state index contributed by atoms with van der Waals surface area (Å²) in [5.74, 6) is 1.58. The molecule has 3 fully saturated rings. The number of hydrogen-bond acceptors (Lipinski definition) is 11. The zero-order valence-electron chi connectivity index (χ0n) is 30.4. The minimum atomic E-state index is -0.404. The van der Waals surface area contributed by atoms with Gasteiger partial charge in [-0.05, 0) is 62.2 Å². The molecular weight excluding hydrogens is 670 g/mol. The molecule has 1 saturated carbocycles. The van der Waals surface area contributed by atoms with Crippen molar-refractivity contribution in [2.45, 2.75) is 63.3 Å². The lowest BCUT2D eigenvalue weighted by atomic mass is 10.0. The fourth-order valence-corrected chi connectivity index (χ4v) is 8.11. The van der Waals surface area contributed by atoms with E-state index in [0.29, 0.717) is 38.8 Å². The predicted octanol–water partition coefficient (Wildman–Crippen LogP) is 5.92. The summed E-state index contributed by atoms with van der Waals surface area (Å²) in [6.45, 7) is 5.92. The average Bonchev–Trinajstić information content (AvgIpc) is 3.78. The zero-order chi connectivity index (χ0) is 36.2. The molecule has 8 rings (SSSR count). The van der Waals surface area contributed by atoms with Crippen LogP contribution in [0.4, 0.5) is 16.3 Å². The van der Waals surface area contributed by atoms with Gasteiger partial charge in [-0.25, -0.2) is 4.79 Å². The zero-order valence-corrected chi connectivity index (χ0v) is 30.4. The van der Waals surface area contributed by atoms with Crippen LogP contribution in [0.3, 0.4) is 0 Å². The number of rotatable bonds is 12. The minimum absolute atomic E-state index is 0.0765. The van der Waals surface area contributed by atoms with Crippen molar-refractivity contribution in [1.82, 2.24) is 19.8 Å². The second-order valence-electron chi connectivity index (χ2n) is 14.5. The first-order valence-corrected chi connectivity index (χ1v) is 18.8. The van der Waals surface area contributed by atoms with E-state index in [4.69, 9.17) is 28.9 Å². The van der Waals surface area contributed by atoms with Crippen molar-refractivity contribution in [1.29, 1.82) is 5.26 Å². The number of aromatic nitrogens is 2. The van der Waals surface area contributed by atoms with Crippen molar-refractivity contribution in [3.8, 4) is 17.8 Å². The number of amides is 1. The lowest BCUT2D eigenvalue weighted by Gasteiger charge is -2.42. The smallest absolute Gasteiger partial charge is 0.410 e. The maximum Gasteiger partial charge on any atom is 0.410 e. The first-order chi connectivity index (χ1) is 26.0. The number of piperazine rings is 1. The molecule has 0 unspecified atom stereocenters. The Labute approximate surface area is 310 Å². The van der Waals surface area contributed by atoms with Crippen molar-refractivity contribution < 1.29 is 23.7 Å². The Bertz CT molecular complexity index is 1960. The van der Waals surface area contributed by atoms with Crippen LogP contribution in [0.15, 0.2) is 66.7 Å². The van der Waals surface area contributed by atoms with Gasteiger partial charge in [0.05, 0.1) is 36.3 Å². The third kappa shape index (κ3) is 7.54. The van der Waals surface area contributed by atoms with E-state index in [2.05, 4.69) is 45.0 Å². The van der Waals surface area contributed by atoms with Crippen LogP contribution in [-0.4, -0.2) is 97.2 Å². The van der Waals surface area contributed by atoms with Gasteiger partial charge >= 0.3 is 12.1 Å². The van der Waals surface area contributed by atoms with E-state index in [9.17, 15) is 10.1 Å². The van der Waals surface area contributed by atoms with Crippen molar-refractivity contribution in [3.63, 3.8) is 0 Å². The van der Waals surface area contributed by atoms with Gasteiger partial charge in [0, 0.05) is 56.0 Å². The third-order valence-electron chi connectivity index (χ3n) is 11.1.